The molecule has 226 valence electrons. The fraction of sp³-hybridized carbons (Fsp3) is 0.485. The van der Waals surface area contributed by atoms with Gasteiger partial charge >= 0.3 is 0 Å². The number of piperidine rings is 2. The number of aldehydes is 1. The third kappa shape index (κ3) is 7.33. The second-order valence-corrected chi connectivity index (χ2v) is 11.5. The maximum atomic E-state index is 10.9. The van der Waals surface area contributed by atoms with Crippen LogP contribution in [0.1, 0.15) is 48.7 Å². The first-order valence-corrected chi connectivity index (χ1v) is 15.0. The molecule has 0 spiro atoms. The topological polar surface area (TPSA) is 103 Å². The van der Waals surface area contributed by atoms with Gasteiger partial charge in [0.2, 0.25) is 0 Å². The number of aromatic nitrogens is 1. The summed E-state index contributed by atoms with van der Waals surface area (Å²) in [6, 6.07) is 14.5. The number of nitrogens with zero attached hydrogens (tertiary/aromatic N) is 2. The molecule has 2 aromatic carbocycles. The van der Waals surface area contributed by atoms with Gasteiger partial charge in [0.05, 0.1) is 25.2 Å². The normalized spacial score (nSPS) is 18.1. The van der Waals surface area contributed by atoms with Crippen molar-refractivity contribution in [1.82, 2.24) is 20.1 Å². The summed E-state index contributed by atoms with van der Waals surface area (Å²) < 4.78 is 16.7. The summed E-state index contributed by atoms with van der Waals surface area (Å²) in [5.74, 6) is 1.47. The van der Waals surface area contributed by atoms with Crippen LogP contribution < -0.4 is 14.8 Å². The highest BCUT2D eigenvalue weighted by Gasteiger charge is 2.24. The molecule has 2 aromatic heterocycles. The summed E-state index contributed by atoms with van der Waals surface area (Å²) >= 11 is 0. The Morgan fingerprint density at radius 3 is 2.60 bits per heavy atom. The molecule has 9 heteroatoms. The van der Waals surface area contributed by atoms with Gasteiger partial charge < -0.3 is 34.2 Å². The number of aliphatic hydroxyl groups is 1. The number of aliphatic hydroxyl groups excluding tert-OH is 1. The van der Waals surface area contributed by atoms with Gasteiger partial charge in [-0.05, 0) is 83.1 Å². The third-order valence-corrected chi connectivity index (χ3v) is 8.66. The van der Waals surface area contributed by atoms with Crippen LogP contribution >= 0.6 is 0 Å². The molecule has 6 rings (SSSR count). The van der Waals surface area contributed by atoms with Crippen LogP contribution in [0.5, 0.6) is 11.5 Å². The number of aromatic amines is 1. The van der Waals surface area contributed by atoms with E-state index in [9.17, 15) is 9.90 Å². The van der Waals surface area contributed by atoms with E-state index in [1.165, 1.54) is 32.5 Å². The standard InChI is InChI=1S/C19H15NO4.C14H29N3O/c1-22-14-5-6-15-12(11-24-19(15)8-14)10-23-18-4-2-3-17-16(18)7-13(9-21)20-17;1-12(17-9-5-14(18)6-10-17)11-16-7-3-13(15-2)4-8-16/h2-9,11,20H,10H2,1H3;12-15,18H,3-11H2,1-2H3. The number of carbonyl (C=O) groups is 1. The minimum atomic E-state index is -0.0557. The maximum Gasteiger partial charge on any atom is 0.166 e. The quantitative estimate of drug-likeness (QED) is 0.244. The molecule has 1 unspecified atom stereocenters. The Kier molecular flexibility index (Phi) is 10.2. The number of carbonyl (C=O) groups excluding carboxylic acids is 1. The monoisotopic (exact) mass is 576 g/mol. The molecular weight excluding hydrogens is 532 g/mol. The number of hydrogen-bond donors (Lipinski definition) is 3. The van der Waals surface area contributed by atoms with Crippen molar-refractivity contribution in [1.29, 1.82) is 0 Å². The summed E-state index contributed by atoms with van der Waals surface area (Å²) in [5, 5.41) is 14.8. The van der Waals surface area contributed by atoms with Crippen molar-refractivity contribution in [2.24, 2.45) is 0 Å². The van der Waals surface area contributed by atoms with Gasteiger partial charge in [0, 0.05) is 59.6 Å². The lowest BCUT2D eigenvalue weighted by atomic mass is 10.0. The predicted octanol–water partition coefficient (Wildman–Crippen LogP) is 4.83. The zero-order valence-corrected chi connectivity index (χ0v) is 25.0. The zero-order chi connectivity index (χ0) is 29.5. The highest BCUT2D eigenvalue weighted by molar-refractivity contribution is 5.92. The molecular formula is C33H44N4O5. The number of rotatable bonds is 9. The predicted molar refractivity (Wildman–Crippen MR) is 166 cm³/mol. The Labute approximate surface area is 247 Å². The van der Waals surface area contributed by atoms with Crippen LogP contribution in [0.3, 0.4) is 0 Å². The van der Waals surface area contributed by atoms with Gasteiger partial charge in [-0.1, -0.05) is 6.07 Å². The van der Waals surface area contributed by atoms with E-state index >= 15 is 0 Å². The van der Waals surface area contributed by atoms with E-state index in [1.807, 2.05) is 36.4 Å². The van der Waals surface area contributed by atoms with Crippen LogP contribution in [0.4, 0.5) is 0 Å². The molecule has 1 atom stereocenters. The second kappa shape index (κ2) is 14.2. The van der Waals surface area contributed by atoms with Crippen molar-refractivity contribution in [2.75, 3.05) is 46.9 Å². The largest absolute Gasteiger partial charge is 0.497 e. The van der Waals surface area contributed by atoms with E-state index in [0.29, 0.717) is 18.3 Å². The smallest absolute Gasteiger partial charge is 0.166 e. The number of H-pyrrole nitrogens is 1. The van der Waals surface area contributed by atoms with Crippen molar-refractivity contribution in [3.8, 4) is 11.5 Å². The Hall–Kier alpha value is -3.37. The molecule has 0 bridgehead atoms. The van der Waals surface area contributed by atoms with Crippen LogP contribution in [0, 0.1) is 0 Å². The minimum Gasteiger partial charge on any atom is -0.497 e. The Balaban J connectivity index is 0.000000176. The first-order chi connectivity index (χ1) is 20.5. The first kappa shape index (κ1) is 30.1. The van der Waals surface area contributed by atoms with Gasteiger partial charge in [-0.3, -0.25) is 9.69 Å². The van der Waals surface area contributed by atoms with Gasteiger partial charge in [-0.15, -0.1) is 0 Å². The number of hydrogen-bond acceptors (Lipinski definition) is 8. The van der Waals surface area contributed by atoms with Crippen LogP contribution in [-0.4, -0.2) is 91.2 Å². The zero-order valence-electron chi connectivity index (χ0n) is 25.0. The van der Waals surface area contributed by atoms with E-state index in [4.69, 9.17) is 13.9 Å². The molecule has 0 amide bonds. The summed E-state index contributed by atoms with van der Waals surface area (Å²) in [4.78, 5) is 19.1. The number of fused-ring (bicyclic) bond motifs is 2. The van der Waals surface area contributed by atoms with Gasteiger partial charge in [0.1, 0.15) is 23.7 Å². The molecule has 2 saturated heterocycles. The third-order valence-electron chi connectivity index (χ3n) is 8.66. The van der Waals surface area contributed by atoms with Gasteiger partial charge in [0.15, 0.2) is 6.29 Å². The van der Waals surface area contributed by atoms with E-state index in [1.54, 1.807) is 19.4 Å². The van der Waals surface area contributed by atoms with Gasteiger partial charge in [0.25, 0.3) is 0 Å². The summed E-state index contributed by atoms with van der Waals surface area (Å²) in [6.45, 7) is 8.48. The van der Waals surface area contributed by atoms with Crippen molar-refractivity contribution < 1.29 is 23.8 Å². The highest BCUT2D eigenvalue weighted by Crippen LogP contribution is 2.29. The van der Waals surface area contributed by atoms with E-state index in [-0.39, 0.29) is 6.10 Å². The highest BCUT2D eigenvalue weighted by atomic mass is 16.5. The van der Waals surface area contributed by atoms with Gasteiger partial charge in [-0.25, -0.2) is 0 Å². The summed E-state index contributed by atoms with van der Waals surface area (Å²) in [5.41, 5.74) is 3.12. The number of benzene rings is 2. The van der Waals surface area contributed by atoms with E-state index in [2.05, 4.69) is 34.1 Å². The molecule has 2 fully saturated rings. The Morgan fingerprint density at radius 2 is 1.88 bits per heavy atom. The number of nitrogens with one attached hydrogen (secondary N) is 2. The number of likely N-dealkylation sites (tertiary alicyclic amines) is 2. The lowest BCUT2D eigenvalue weighted by Crippen LogP contribution is -2.49. The van der Waals surface area contributed by atoms with Crippen LogP contribution in [0.25, 0.3) is 21.9 Å². The van der Waals surface area contributed by atoms with Crippen molar-refractivity contribution in [3.05, 3.63) is 60.0 Å². The van der Waals surface area contributed by atoms with Crippen LogP contribution in [0.15, 0.2) is 53.1 Å². The van der Waals surface area contributed by atoms with E-state index < -0.39 is 0 Å². The van der Waals surface area contributed by atoms with Crippen molar-refractivity contribution in [2.45, 2.75) is 57.4 Å². The number of ether oxygens (including phenoxy) is 2. The molecule has 0 radical (unpaired) electrons. The molecule has 42 heavy (non-hydrogen) atoms. The molecule has 4 aromatic rings. The van der Waals surface area contributed by atoms with Gasteiger partial charge in [-0.2, -0.15) is 0 Å². The van der Waals surface area contributed by atoms with Crippen LogP contribution in [-0.2, 0) is 6.61 Å². The molecule has 4 heterocycles. The fourth-order valence-corrected chi connectivity index (χ4v) is 6.02. The molecule has 0 saturated carbocycles. The molecule has 2 aliphatic rings. The fourth-order valence-electron chi connectivity index (χ4n) is 6.02. The number of furan rings is 1. The van der Waals surface area contributed by atoms with Crippen LogP contribution in [0.2, 0.25) is 0 Å². The molecule has 9 nitrogen and oxygen atoms in total. The number of methoxy groups -OCH3 is 1. The first-order valence-electron chi connectivity index (χ1n) is 15.0. The summed E-state index contributed by atoms with van der Waals surface area (Å²) in [6.07, 6.45) is 6.89. The van der Waals surface area contributed by atoms with E-state index in [0.717, 1.165) is 77.2 Å². The summed E-state index contributed by atoms with van der Waals surface area (Å²) in [7, 11) is 3.70. The second-order valence-electron chi connectivity index (χ2n) is 11.5. The van der Waals surface area contributed by atoms with Crippen molar-refractivity contribution >= 4 is 28.2 Å². The SMILES string of the molecule is CNC1CCN(CC(C)N2CCC(O)CC2)CC1.COc1ccc2c(COc3cccc4[nH]c(C=O)cc34)coc2c1. The lowest BCUT2D eigenvalue weighted by Gasteiger charge is -2.39. The average molecular weight is 577 g/mol. The minimum absolute atomic E-state index is 0.0557. The maximum absolute atomic E-state index is 10.9. The molecule has 2 aliphatic heterocycles. The Morgan fingerprint density at radius 1 is 1.10 bits per heavy atom. The molecule has 3 N–H and O–H groups in total. The lowest BCUT2D eigenvalue weighted by molar-refractivity contribution is 0.0502. The van der Waals surface area contributed by atoms with Crippen molar-refractivity contribution in [3.63, 3.8) is 0 Å². The average Bonchev–Trinajstić information content (AvgIpc) is 3.65. The Bertz CT molecular complexity index is 1430. The molecule has 0 aliphatic carbocycles.